The van der Waals surface area contributed by atoms with E-state index in [1.807, 2.05) is 6.92 Å². The fraction of sp³-hybridized carbons (Fsp3) is 0.846. The number of halogens is 3. The van der Waals surface area contributed by atoms with Gasteiger partial charge < -0.3 is 15.3 Å². The molecule has 0 radical (unpaired) electrons. The van der Waals surface area contributed by atoms with Crippen molar-refractivity contribution in [1.82, 2.24) is 10.2 Å². The van der Waals surface area contributed by atoms with Crippen LogP contribution in [0.25, 0.3) is 0 Å². The van der Waals surface area contributed by atoms with Crippen molar-refractivity contribution in [2.24, 2.45) is 5.92 Å². The highest BCUT2D eigenvalue weighted by atomic mass is 19.4. The maximum Gasteiger partial charge on any atom is 0.401 e. The standard InChI is InChI=1S/C13H21F3N2O3/c1-2-3-11(19)18-6-9(5-12(20)21)4-10(7-18)17-8-13(14,15)16/h9-10,17H,2-8H2,1H3,(H,20,21). The van der Waals surface area contributed by atoms with Crippen LogP contribution in [0.2, 0.25) is 0 Å². The number of carbonyl (C=O) groups is 2. The van der Waals surface area contributed by atoms with Crippen LogP contribution in [0, 0.1) is 5.92 Å². The van der Waals surface area contributed by atoms with Crippen LogP contribution in [0.5, 0.6) is 0 Å². The summed E-state index contributed by atoms with van der Waals surface area (Å²) in [5.41, 5.74) is 0. The van der Waals surface area contributed by atoms with E-state index in [0.717, 1.165) is 0 Å². The number of rotatable bonds is 6. The lowest BCUT2D eigenvalue weighted by atomic mass is 9.91. The molecule has 1 saturated heterocycles. The number of hydrogen-bond acceptors (Lipinski definition) is 3. The van der Waals surface area contributed by atoms with E-state index in [9.17, 15) is 22.8 Å². The molecule has 122 valence electrons. The van der Waals surface area contributed by atoms with Crippen molar-refractivity contribution in [1.29, 1.82) is 0 Å². The number of alkyl halides is 3. The highest BCUT2D eigenvalue weighted by Gasteiger charge is 2.34. The van der Waals surface area contributed by atoms with E-state index in [-0.39, 0.29) is 24.8 Å². The Balaban J connectivity index is 2.65. The lowest BCUT2D eigenvalue weighted by molar-refractivity contribution is -0.142. The second-order valence-corrected chi connectivity index (χ2v) is 5.44. The van der Waals surface area contributed by atoms with Gasteiger partial charge in [0.2, 0.25) is 5.91 Å². The third-order valence-electron chi connectivity index (χ3n) is 3.41. The van der Waals surface area contributed by atoms with E-state index >= 15 is 0 Å². The van der Waals surface area contributed by atoms with Crippen LogP contribution < -0.4 is 5.32 Å². The zero-order valence-corrected chi connectivity index (χ0v) is 11.9. The smallest absolute Gasteiger partial charge is 0.401 e. The SMILES string of the molecule is CCCC(=O)N1CC(CC(=O)O)CC(NCC(F)(F)F)C1. The van der Waals surface area contributed by atoms with Gasteiger partial charge in [0, 0.05) is 32.0 Å². The summed E-state index contributed by atoms with van der Waals surface area (Å²) in [6, 6.07) is -0.523. The first-order valence-electron chi connectivity index (χ1n) is 7.01. The molecule has 1 aliphatic rings. The summed E-state index contributed by atoms with van der Waals surface area (Å²) >= 11 is 0. The number of aliphatic carboxylic acids is 1. The summed E-state index contributed by atoms with van der Waals surface area (Å²) in [4.78, 5) is 24.2. The molecule has 0 aliphatic carbocycles. The molecule has 0 aromatic rings. The van der Waals surface area contributed by atoms with Crippen LogP contribution in [0.15, 0.2) is 0 Å². The Kier molecular flexibility index (Phi) is 6.44. The van der Waals surface area contributed by atoms with Crippen molar-refractivity contribution >= 4 is 11.9 Å². The minimum atomic E-state index is -4.32. The molecule has 1 rings (SSSR count). The Bertz CT molecular complexity index is 374. The van der Waals surface area contributed by atoms with Crippen molar-refractivity contribution in [3.8, 4) is 0 Å². The predicted octanol–water partition coefficient (Wildman–Crippen LogP) is 1.63. The summed E-state index contributed by atoms with van der Waals surface area (Å²) in [5.74, 6) is -1.45. The Hall–Kier alpha value is -1.31. The van der Waals surface area contributed by atoms with Crippen molar-refractivity contribution in [3.05, 3.63) is 0 Å². The highest BCUT2D eigenvalue weighted by molar-refractivity contribution is 5.76. The Morgan fingerprint density at radius 1 is 1.33 bits per heavy atom. The number of carboxylic acids is 1. The molecule has 0 saturated carbocycles. The number of hydrogen-bond donors (Lipinski definition) is 2. The molecule has 2 unspecified atom stereocenters. The fourth-order valence-corrected chi connectivity index (χ4v) is 2.58. The zero-order valence-electron chi connectivity index (χ0n) is 11.9. The number of carbonyl (C=O) groups excluding carboxylic acids is 1. The molecule has 21 heavy (non-hydrogen) atoms. The molecular formula is C13H21F3N2O3. The van der Waals surface area contributed by atoms with Crippen LogP contribution in [0.4, 0.5) is 13.2 Å². The van der Waals surface area contributed by atoms with E-state index < -0.39 is 24.7 Å². The number of nitrogens with zero attached hydrogens (tertiary/aromatic N) is 1. The van der Waals surface area contributed by atoms with Gasteiger partial charge in [0.05, 0.1) is 6.54 Å². The van der Waals surface area contributed by atoms with Crippen LogP contribution in [-0.2, 0) is 9.59 Å². The van der Waals surface area contributed by atoms with Gasteiger partial charge in [-0.25, -0.2) is 0 Å². The van der Waals surface area contributed by atoms with Crippen molar-refractivity contribution in [2.75, 3.05) is 19.6 Å². The van der Waals surface area contributed by atoms with Gasteiger partial charge in [0.25, 0.3) is 0 Å². The average Bonchev–Trinajstić information content (AvgIpc) is 2.35. The topological polar surface area (TPSA) is 69.6 Å². The quantitative estimate of drug-likeness (QED) is 0.782. The molecule has 1 amide bonds. The molecule has 5 nitrogen and oxygen atoms in total. The number of piperidine rings is 1. The Morgan fingerprint density at radius 2 is 2.00 bits per heavy atom. The van der Waals surface area contributed by atoms with Crippen molar-refractivity contribution in [3.63, 3.8) is 0 Å². The van der Waals surface area contributed by atoms with Crippen molar-refractivity contribution in [2.45, 2.75) is 44.8 Å². The molecule has 0 aromatic heterocycles. The number of amides is 1. The van der Waals surface area contributed by atoms with Gasteiger partial charge in [-0.3, -0.25) is 9.59 Å². The Morgan fingerprint density at radius 3 is 2.52 bits per heavy atom. The fourth-order valence-electron chi connectivity index (χ4n) is 2.58. The Labute approximate surface area is 121 Å². The van der Waals surface area contributed by atoms with E-state index in [2.05, 4.69) is 5.32 Å². The first-order valence-corrected chi connectivity index (χ1v) is 7.01. The van der Waals surface area contributed by atoms with Gasteiger partial charge in [0.1, 0.15) is 0 Å². The molecule has 1 heterocycles. The molecule has 0 bridgehead atoms. The highest BCUT2D eigenvalue weighted by Crippen LogP contribution is 2.22. The van der Waals surface area contributed by atoms with Gasteiger partial charge in [-0.05, 0) is 18.8 Å². The monoisotopic (exact) mass is 310 g/mol. The van der Waals surface area contributed by atoms with Gasteiger partial charge >= 0.3 is 12.1 Å². The largest absolute Gasteiger partial charge is 0.481 e. The molecule has 1 aliphatic heterocycles. The third kappa shape index (κ3) is 6.79. The minimum absolute atomic E-state index is 0.133. The molecule has 0 spiro atoms. The number of likely N-dealkylation sites (tertiary alicyclic amines) is 1. The number of carboxylic acid groups (broad SMARTS) is 1. The maximum absolute atomic E-state index is 12.3. The maximum atomic E-state index is 12.3. The van der Waals surface area contributed by atoms with E-state index in [1.165, 1.54) is 4.90 Å². The van der Waals surface area contributed by atoms with E-state index in [1.54, 1.807) is 0 Å². The summed E-state index contributed by atoms with van der Waals surface area (Å²) < 4.78 is 36.8. The first kappa shape index (κ1) is 17.7. The summed E-state index contributed by atoms with van der Waals surface area (Å²) in [5, 5.41) is 11.2. The molecule has 2 N–H and O–H groups in total. The normalized spacial score (nSPS) is 23.1. The minimum Gasteiger partial charge on any atom is -0.481 e. The van der Waals surface area contributed by atoms with Crippen LogP contribution in [0.1, 0.15) is 32.6 Å². The average molecular weight is 310 g/mol. The predicted molar refractivity (Wildman–Crippen MR) is 69.7 cm³/mol. The molecule has 8 heteroatoms. The van der Waals surface area contributed by atoms with E-state index in [4.69, 9.17) is 5.11 Å². The van der Waals surface area contributed by atoms with Crippen LogP contribution >= 0.6 is 0 Å². The third-order valence-corrected chi connectivity index (χ3v) is 3.41. The lowest BCUT2D eigenvalue weighted by Gasteiger charge is -2.38. The second-order valence-electron chi connectivity index (χ2n) is 5.44. The van der Waals surface area contributed by atoms with Crippen molar-refractivity contribution < 1.29 is 27.9 Å². The van der Waals surface area contributed by atoms with Gasteiger partial charge in [-0.2, -0.15) is 13.2 Å². The van der Waals surface area contributed by atoms with Crippen LogP contribution in [-0.4, -0.2) is 53.7 Å². The van der Waals surface area contributed by atoms with Gasteiger partial charge in [0.15, 0.2) is 0 Å². The summed E-state index contributed by atoms with van der Waals surface area (Å²) in [7, 11) is 0. The first-order chi connectivity index (χ1) is 9.71. The molecular weight excluding hydrogens is 289 g/mol. The van der Waals surface area contributed by atoms with Gasteiger partial charge in [-0.1, -0.05) is 6.92 Å². The van der Waals surface area contributed by atoms with Crippen LogP contribution in [0.3, 0.4) is 0 Å². The molecule has 1 fully saturated rings. The second kappa shape index (κ2) is 7.63. The number of nitrogens with one attached hydrogen (secondary N) is 1. The van der Waals surface area contributed by atoms with Gasteiger partial charge in [-0.15, -0.1) is 0 Å². The summed E-state index contributed by atoms with van der Waals surface area (Å²) in [6.07, 6.45) is -3.15. The molecule has 2 atom stereocenters. The molecule has 0 aromatic carbocycles. The summed E-state index contributed by atoms with van der Waals surface area (Å²) in [6.45, 7) is 1.21. The zero-order chi connectivity index (χ0) is 16.0. The lowest BCUT2D eigenvalue weighted by Crippen LogP contribution is -2.53. The van der Waals surface area contributed by atoms with E-state index in [0.29, 0.717) is 25.8 Å².